The Morgan fingerprint density at radius 2 is 2.15 bits per heavy atom. The van der Waals surface area contributed by atoms with Crippen LogP contribution in [0.3, 0.4) is 0 Å². The van der Waals surface area contributed by atoms with Crippen LogP contribution >= 0.6 is 0 Å². The van der Waals surface area contributed by atoms with Crippen LogP contribution in [0.2, 0.25) is 0 Å². The minimum atomic E-state index is -0.395. The lowest BCUT2D eigenvalue weighted by atomic mass is 10.2. The maximum atomic E-state index is 11.1. The number of carbonyl (C=O) groups excluding carboxylic acids is 1. The predicted octanol–water partition coefficient (Wildman–Crippen LogP) is 3.05. The standard InChI is InChI=1S/C14H20N2O4/c1-3-20-14(17)6-4-5-9-15-12-8-7-11(2)10-13(12)16(18)19/h7-8,10,15H,3-6,9H2,1-2H3. The number of nitro groups is 1. The molecule has 0 unspecified atom stereocenters. The largest absolute Gasteiger partial charge is 0.466 e. The van der Waals surface area contributed by atoms with Crippen molar-refractivity contribution in [3.63, 3.8) is 0 Å². The SMILES string of the molecule is CCOC(=O)CCCCNc1ccc(C)cc1[N+](=O)[O-]. The Kier molecular flexibility index (Phi) is 6.49. The number of rotatable bonds is 8. The number of nitrogens with one attached hydrogen (secondary N) is 1. The molecule has 0 radical (unpaired) electrons. The van der Waals surface area contributed by atoms with Gasteiger partial charge in [0.2, 0.25) is 0 Å². The van der Waals surface area contributed by atoms with Crippen LogP contribution < -0.4 is 5.32 Å². The molecule has 0 saturated carbocycles. The Morgan fingerprint density at radius 3 is 2.80 bits per heavy atom. The molecular weight excluding hydrogens is 260 g/mol. The van der Waals surface area contributed by atoms with Crippen LogP contribution in [-0.4, -0.2) is 24.0 Å². The molecule has 6 heteroatoms. The van der Waals surface area contributed by atoms with E-state index in [0.29, 0.717) is 31.7 Å². The van der Waals surface area contributed by atoms with Crippen LogP contribution in [0.25, 0.3) is 0 Å². The van der Waals surface area contributed by atoms with Gasteiger partial charge in [0.15, 0.2) is 0 Å². The first-order chi connectivity index (χ1) is 9.54. The number of anilines is 1. The van der Waals surface area contributed by atoms with Gasteiger partial charge in [-0.25, -0.2) is 0 Å². The van der Waals surface area contributed by atoms with E-state index in [-0.39, 0.29) is 11.7 Å². The Labute approximate surface area is 118 Å². The van der Waals surface area contributed by atoms with Crippen molar-refractivity contribution in [1.29, 1.82) is 0 Å². The number of ether oxygens (including phenoxy) is 1. The number of esters is 1. The van der Waals surface area contributed by atoms with Crippen molar-refractivity contribution in [3.8, 4) is 0 Å². The van der Waals surface area contributed by atoms with Gasteiger partial charge in [-0.3, -0.25) is 14.9 Å². The van der Waals surface area contributed by atoms with Crippen LogP contribution in [0.4, 0.5) is 11.4 Å². The van der Waals surface area contributed by atoms with E-state index in [1.54, 1.807) is 19.1 Å². The molecule has 0 aliphatic carbocycles. The second-order valence-corrected chi connectivity index (χ2v) is 4.47. The fourth-order valence-corrected chi connectivity index (χ4v) is 1.79. The smallest absolute Gasteiger partial charge is 0.305 e. The van der Waals surface area contributed by atoms with Crippen LogP contribution in [0.5, 0.6) is 0 Å². The number of carbonyl (C=O) groups is 1. The fourth-order valence-electron chi connectivity index (χ4n) is 1.79. The van der Waals surface area contributed by atoms with Crippen molar-refractivity contribution in [2.24, 2.45) is 0 Å². The predicted molar refractivity (Wildman–Crippen MR) is 76.8 cm³/mol. The lowest BCUT2D eigenvalue weighted by Crippen LogP contribution is -2.07. The molecular formula is C14H20N2O4. The summed E-state index contributed by atoms with van der Waals surface area (Å²) < 4.78 is 4.82. The van der Waals surface area contributed by atoms with Crippen molar-refractivity contribution in [2.75, 3.05) is 18.5 Å². The van der Waals surface area contributed by atoms with E-state index in [9.17, 15) is 14.9 Å². The summed E-state index contributed by atoms with van der Waals surface area (Å²) in [5, 5.41) is 14.0. The second kappa shape index (κ2) is 8.14. The summed E-state index contributed by atoms with van der Waals surface area (Å²) in [4.78, 5) is 21.7. The summed E-state index contributed by atoms with van der Waals surface area (Å²) in [6.07, 6.45) is 1.83. The highest BCUT2D eigenvalue weighted by Gasteiger charge is 2.12. The van der Waals surface area contributed by atoms with E-state index in [1.807, 2.05) is 13.0 Å². The molecule has 1 aromatic carbocycles. The summed E-state index contributed by atoms with van der Waals surface area (Å²) in [5.41, 5.74) is 1.44. The van der Waals surface area contributed by atoms with Crippen molar-refractivity contribution in [1.82, 2.24) is 0 Å². The topological polar surface area (TPSA) is 81.5 Å². The molecule has 110 valence electrons. The van der Waals surface area contributed by atoms with Crippen LogP contribution in [0.15, 0.2) is 18.2 Å². The lowest BCUT2D eigenvalue weighted by Gasteiger charge is -2.07. The zero-order valence-corrected chi connectivity index (χ0v) is 11.8. The molecule has 6 nitrogen and oxygen atoms in total. The molecule has 0 aliphatic heterocycles. The first kappa shape index (κ1) is 15.9. The van der Waals surface area contributed by atoms with Gasteiger partial charge in [-0.05, 0) is 38.3 Å². The molecule has 0 heterocycles. The van der Waals surface area contributed by atoms with Gasteiger partial charge in [-0.2, -0.15) is 0 Å². The van der Waals surface area contributed by atoms with E-state index >= 15 is 0 Å². The van der Waals surface area contributed by atoms with Crippen LogP contribution in [-0.2, 0) is 9.53 Å². The Balaban J connectivity index is 2.39. The van der Waals surface area contributed by atoms with Gasteiger partial charge in [-0.15, -0.1) is 0 Å². The second-order valence-electron chi connectivity index (χ2n) is 4.47. The molecule has 1 aromatic rings. The highest BCUT2D eigenvalue weighted by Crippen LogP contribution is 2.25. The fraction of sp³-hybridized carbons (Fsp3) is 0.500. The molecule has 20 heavy (non-hydrogen) atoms. The number of benzene rings is 1. The zero-order chi connectivity index (χ0) is 15.0. The average Bonchev–Trinajstić information content (AvgIpc) is 2.40. The normalized spacial score (nSPS) is 10.1. The first-order valence-corrected chi connectivity index (χ1v) is 6.69. The minimum Gasteiger partial charge on any atom is -0.466 e. The maximum Gasteiger partial charge on any atom is 0.305 e. The molecule has 0 bridgehead atoms. The van der Waals surface area contributed by atoms with E-state index in [4.69, 9.17) is 4.74 Å². The van der Waals surface area contributed by atoms with E-state index < -0.39 is 4.92 Å². The average molecular weight is 280 g/mol. The van der Waals surface area contributed by atoms with Gasteiger partial charge < -0.3 is 10.1 Å². The summed E-state index contributed by atoms with van der Waals surface area (Å²) in [7, 11) is 0. The maximum absolute atomic E-state index is 11.1. The van der Waals surface area contributed by atoms with Gasteiger partial charge in [0.25, 0.3) is 5.69 Å². The number of nitro benzene ring substituents is 1. The molecule has 0 aliphatic rings. The van der Waals surface area contributed by atoms with Crippen molar-refractivity contribution in [3.05, 3.63) is 33.9 Å². The van der Waals surface area contributed by atoms with Gasteiger partial charge in [0.05, 0.1) is 11.5 Å². The highest BCUT2D eigenvalue weighted by molar-refractivity contribution is 5.69. The molecule has 0 amide bonds. The van der Waals surface area contributed by atoms with Crippen molar-refractivity contribution < 1.29 is 14.5 Å². The number of aryl methyl sites for hydroxylation is 1. The number of nitrogens with zero attached hydrogens (tertiary/aromatic N) is 1. The number of hydrogen-bond acceptors (Lipinski definition) is 5. The summed E-state index contributed by atoms with van der Waals surface area (Å²) >= 11 is 0. The summed E-state index contributed by atoms with van der Waals surface area (Å²) in [6, 6.07) is 5.08. The molecule has 0 aromatic heterocycles. The van der Waals surface area contributed by atoms with Gasteiger partial charge in [0.1, 0.15) is 5.69 Å². The molecule has 1 rings (SSSR count). The Morgan fingerprint density at radius 1 is 1.40 bits per heavy atom. The van der Waals surface area contributed by atoms with Gasteiger partial charge in [0, 0.05) is 19.0 Å². The number of hydrogen-bond donors (Lipinski definition) is 1. The van der Waals surface area contributed by atoms with Crippen LogP contribution in [0, 0.1) is 17.0 Å². The summed E-state index contributed by atoms with van der Waals surface area (Å²) in [5.74, 6) is -0.200. The molecule has 0 spiro atoms. The quantitative estimate of drug-likeness (QED) is 0.342. The third kappa shape index (κ3) is 5.26. The van der Waals surface area contributed by atoms with E-state index in [2.05, 4.69) is 5.32 Å². The van der Waals surface area contributed by atoms with Gasteiger partial charge >= 0.3 is 5.97 Å². The third-order valence-electron chi connectivity index (χ3n) is 2.78. The molecule has 0 atom stereocenters. The number of unbranched alkanes of at least 4 members (excludes halogenated alkanes) is 1. The lowest BCUT2D eigenvalue weighted by molar-refractivity contribution is -0.384. The first-order valence-electron chi connectivity index (χ1n) is 6.69. The highest BCUT2D eigenvalue weighted by atomic mass is 16.6. The van der Waals surface area contributed by atoms with Crippen molar-refractivity contribution in [2.45, 2.75) is 33.1 Å². The van der Waals surface area contributed by atoms with Gasteiger partial charge in [-0.1, -0.05) is 6.07 Å². The molecule has 1 N–H and O–H groups in total. The molecule has 0 saturated heterocycles. The van der Waals surface area contributed by atoms with E-state index in [0.717, 1.165) is 12.0 Å². The monoisotopic (exact) mass is 280 g/mol. The zero-order valence-electron chi connectivity index (χ0n) is 11.8. The minimum absolute atomic E-state index is 0.0791. The Bertz CT molecular complexity index is 474. The summed E-state index contributed by atoms with van der Waals surface area (Å²) in [6.45, 7) is 4.57. The van der Waals surface area contributed by atoms with Crippen LogP contribution in [0.1, 0.15) is 31.7 Å². The van der Waals surface area contributed by atoms with Crippen molar-refractivity contribution >= 4 is 17.3 Å². The third-order valence-corrected chi connectivity index (χ3v) is 2.78. The Hall–Kier alpha value is -2.11. The molecule has 0 fully saturated rings. The van der Waals surface area contributed by atoms with E-state index in [1.165, 1.54) is 0 Å².